The van der Waals surface area contributed by atoms with E-state index in [4.69, 9.17) is 0 Å². The first-order valence-electron chi connectivity index (χ1n) is 6.50. The topological polar surface area (TPSA) is 12.0 Å². The molecule has 82 valence electrons. The van der Waals surface area contributed by atoms with Gasteiger partial charge in [-0.25, -0.2) is 0 Å². The van der Waals surface area contributed by atoms with Gasteiger partial charge in [0.2, 0.25) is 0 Å². The van der Waals surface area contributed by atoms with E-state index in [1.807, 2.05) is 0 Å². The summed E-state index contributed by atoms with van der Waals surface area (Å²) in [7, 11) is 0. The van der Waals surface area contributed by atoms with E-state index in [-0.39, 0.29) is 0 Å². The maximum atomic E-state index is 3.74. The van der Waals surface area contributed by atoms with Gasteiger partial charge in [-0.3, -0.25) is 0 Å². The Morgan fingerprint density at radius 2 is 1.86 bits per heavy atom. The van der Waals surface area contributed by atoms with E-state index in [2.05, 4.69) is 19.2 Å². The molecule has 0 aromatic heterocycles. The maximum absolute atomic E-state index is 3.74. The molecule has 3 unspecified atom stereocenters. The lowest BCUT2D eigenvalue weighted by atomic mass is 9.84. The van der Waals surface area contributed by atoms with Crippen LogP contribution in [0, 0.1) is 17.8 Å². The summed E-state index contributed by atoms with van der Waals surface area (Å²) in [6.07, 6.45) is 8.81. The first kappa shape index (κ1) is 10.5. The van der Waals surface area contributed by atoms with Crippen molar-refractivity contribution in [3.63, 3.8) is 0 Å². The zero-order valence-corrected chi connectivity index (χ0v) is 9.76. The van der Waals surface area contributed by atoms with Gasteiger partial charge in [0.15, 0.2) is 0 Å². The Labute approximate surface area is 88.7 Å². The van der Waals surface area contributed by atoms with E-state index in [1.165, 1.54) is 45.1 Å². The van der Waals surface area contributed by atoms with Crippen molar-refractivity contribution >= 4 is 0 Å². The highest BCUT2D eigenvalue weighted by Gasteiger charge is 2.32. The molecule has 2 saturated carbocycles. The van der Waals surface area contributed by atoms with E-state index in [1.54, 1.807) is 0 Å². The standard InChI is InChI=1S/C13H25N/c1-10-8-13(10)9-14-11(2)12-6-4-3-5-7-12/h10-14H,3-9H2,1-2H3. The molecule has 0 radical (unpaired) electrons. The molecule has 0 amide bonds. The summed E-state index contributed by atoms with van der Waals surface area (Å²) in [5, 5.41) is 3.74. The summed E-state index contributed by atoms with van der Waals surface area (Å²) in [5.74, 6) is 2.97. The van der Waals surface area contributed by atoms with E-state index in [0.29, 0.717) is 0 Å². The monoisotopic (exact) mass is 195 g/mol. The van der Waals surface area contributed by atoms with Crippen molar-refractivity contribution in [1.82, 2.24) is 5.32 Å². The minimum absolute atomic E-state index is 0.767. The highest BCUT2D eigenvalue weighted by Crippen LogP contribution is 2.37. The molecule has 0 spiro atoms. The third kappa shape index (κ3) is 2.73. The molecular weight excluding hydrogens is 170 g/mol. The van der Waals surface area contributed by atoms with Crippen LogP contribution in [-0.2, 0) is 0 Å². The fraction of sp³-hybridized carbons (Fsp3) is 1.00. The molecule has 14 heavy (non-hydrogen) atoms. The molecule has 0 aromatic rings. The summed E-state index contributed by atoms with van der Waals surface area (Å²) in [6, 6.07) is 0.767. The zero-order chi connectivity index (χ0) is 9.97. The van der Waals surface area contributed by atoms with Gasteiger partial charge in [-0.1, -0.05) is 26.2 Å². The fourth-order valence-electron chi connectivity index (χ4n) is 2.82. The third-order valence-corrected chi connectivity index (χ3v) is 4.34. The van der Waals surface area contributed by atoms with Gasteiger partial charge in [-0.15, -0.1) is 0 Å². The predicted octanol–water partition coefficient (Wildman–Crippen LogP) is 3.20. The Morgan fingerprint density at radius 1 is 1.21 bits per heavy atom. The minimum atomic E-state index is 0.767. The number of hydrogen-bond acceptors (Lipinski definition) is 1. The Hall–Kier alpha value is -0.0400. The molecular formula is C13H25N. The SMILES string of the molecule is CC1CC1CNC(C)C1CCCCC1. The molecule has 0 aromatic carbocycles. The summed E-state index contributed by atoms with van der Waals surface area (Å²) < 4.78 is 0. The van der Waals surface area contributed by atoms with Crippen LogP contribution in [0.5, 0.6) is 0 Å². The fourth-order valence-corrected chi connectivity index (χ4v) is 2.82. The van der Waals surface area contributed by atoms with Crippen LogP contribution in [0.1, 0.15) is 52.4 Å². The number of hydrogen-bond donors (Lipinski definition) is 1. The minimum Gasteiger partial charge on any atom is -0.314 e. The normalized spacial score (nSPS) is 35.6. The van der Waals surface area contributed by atoms with E-state index in [9.17, 15) is 0 Å². The second kappa shape index (κ2) is 4.65. The Bertz CT molecular complexity index is 172. The number of rotatable bonds is 4. The van der Waals surface area contributed by atoms with Crippen molar-refractivity contribution in [2.24, 2.45) is 17.8 Å². The Morgan fingerprint density at radius 3 is 2.43 bits per heavy atom. The summed E-state index contributed by atoms with van der Waals surface area (Å²) in [6.45, 7) is 6.04. The molecule has 0 saturated heterocycles. The average molecular weight is 195 g/mol. The molecule has 1 N–H and O–H groups in total. The maximum Gasteiger partial charge on any atom is 0.00671 e. The lowest BCUT2D eigenvalue weighted by Gasteiger charge is -2.28. The van der Waals surface area contributed by atoms with Crippen LogP contribution in [0.4, 0.5) is 0 Å². The van der Waals surface area contributed by atoms with Crippen LogP contribution in [-0.4, -0.2) is 12.6 Å². The molecule has 2 aliphatic rings. The first-order chi connectivity index (χ1) is 6.77. The quantitative estimate of drug-likeness (QED) is 0.726. The Kier molecular flexibility index (Phi) is 3.48. The molecule has 1 nitrogen and oxygen atoms in total. The lowest BCUT2D eigenvalue weighted by Crippen LogP contribution is -2.36. The van der Waals surface area contributed by atoms with Gasteiger partial charge < -0.3 is 5.32 Å². The zero-order valence-electron chi connectivity index (χ0n) is 9.76. The van der Waals surface area contributed by atoms with Crippen LogP contribution in [0.15, 0.2) is 0 Å². The van der Waals surface area contributed by atoms with Crippen molar-refractivity contribution in [2.75, 3.05) is 6.54 Å². The molecule has 0 bridgehead atoms. The van der Waals surface area contributed by atoms with Crippen molar-refractivity contribution in [2.45, 2.75) is 58.4 Å². The van der Waals surface area contributed by atoms with Crippen molar-refractivity contribution in [1.29, 1.82) is 0 Å². The largest absolute Gasteiger partial charge is 0.314 e. The Balaban J connectivity index is 1.63. The lowest BCUT2D eigenvalue weighted by molar-refractivity contribution is 0.279. The van der Waals surface area contributed by atoms with Gasteiger partial charge in [0.05, 0.1) is 0 Å². The second-order valence-electron chi connectivity index (χ2n) is 5.57. The summed E-state index contributed by atoms with van der Waals surface area (Å²) in [4.78, 5) is 0. The van der Waals surface area contributed by atoms with Crippen LogP contribution in [0.3, 0.4) is 0 Å². The van der Waals surface area contributed by atoms with Gasteiger partial charge in [-0.05, 0) is 50.5 Å². The highest BCUT2D eigenvalue weighted by atomic mass is 14.9. The molecule has 0 heterocycles. The van der Waals surface area contributed by atoms with Crippen LogP contribution in [0.2, 0.25) is 0 Å². The van der Waals surface area contributed by atoms with E-state index >= 15 is 0 Å². The van der Waals surface area contributed by atoms with Gasteiger partial charge in [0, 0.05) is 6.04 Å². The van der Waals surface area contributed by atoms with Crippen molar-refractivity contribution < 1.29 is 0 Å². The van der Waals surface area contributed by atoms with Gasteiger partial charge in [0.1, 0.15) is 0 Å². The summed E-state index contributed by atoms with van der Waals surface area (Å²) >= 11 is 0. The molecule has 2 aliphatic carbocycles. The molecule has 1 heteroatoms. The van der Waals surface area contributed by atoms with Crippen LogP contribution in [0.25, 0.3) is 0 Å². The van der Waals surface area contributed by atoms with Crippen LogP contribution < -0.4 is 5.32 Å². The van der Waals surface area contributed by atoms with Crippen molar-refractivity contribution in [3.8, 4) is 0 Å². The van der Waals surface area contributed by atoms with Gasteiger partial charge >= 0.3 is 0 Å². The van der Waals surface area contributed by atoms with Crippen molar-refractivity contribution in [3.05, 3.63) is 0 Å². The smallest absolute Gasteiger partial charge is 0.00671 e. The van der Waals surface area contributed by atoms with Gasteiger partial charge in [0.25, 0.3) is 0 Å². The predicted molar refractivity (Wildman–Crippen MR) is 61.3 cm³/mol. The molecule has 0 aliphatic heterocycles. The highest BCUT2D eigenvalue weighted by molar-refractivity contribution is 4.86. The first-order valence-corrected chi connectivity index (χ1v) is 6.50. The molecule has 2 rings (SSSR count). The van der Waals surface area contributed by atoms with E-state index in [0.717, 1.165) is 23.8 Å². The van der Waals surface area contributed by atoms with Gasteiger partial charge in [-0.2, -0.15) is 0 Å². The third-order valence-electron chi connectivity index (χ3n) is 4.34. The number of nitrogens with one attached hydrogen (secondary N) is 1. The average Bonchev–Trinajstić information content (AvgIpc) is 2.92. The second-order valence-corrected chi connectivity index (χ2v) is 5.57. The summed E-state index contributed by atoms with van der Waals surface area (Å²) in [5.41, 5.74) is 0. The van der Waals surface area contributed by atoms with Crippen LogP contribution >= 0.6 is 0 Å². The molecule has 3 atom stereocenters. The molecule has 2 fully saturated rings. The van der Waals surface area contributed by atoms with E-state index < -0.39 is 0 Å².